The molecule has 3 heterocycles. The normalized spacial score (nSPS) is 25.4. The molecule has 0 bridgehead atoms. The van der Waals surface area contributed by atoms with E-state index in [1.807, 2.05) is 22.1 Å². The first-order chi connectivity index (χ1) is 10.1. The molecule has 3 aliphatic rings. The second kappa shape index (κ2) is 4.87. The highest BCUT2D eigenvalue weighted by atomic mass is 79.9. The van der Waals surface area contributed by atoms with Gasteiger partial charge in [0.15, 0.2) is 0 Å². The van der Waals surface area contributed by atoms with Gasteiger partial charge in [-0.3, -0.25) is 9.59 Å². The van der Waals surface area contributed by atoms with Crippen LogP contribution in [-0.2, 0) is 4.79 Å². The number of fused-ring (bicyclic) bond motifs is 1. The lowest BCUT2D eigenvalue weighted by molar-refractivity contribution is -0.130. The van der Waals surface area contributed by atoms with Gasteiger partial charge in [0, 0.05) is 48.8 Å². The van der Waals surface area contributed by atoms with Crippen LogP contribution in [0.25, 0.3) is 0 Å². The Hall–Kier alpha value is -1.30. The molecule has 1 saturated carbocycles. The average molecular weight is 352 g/mol. The molecule has 2 amide bonds. The zero-order chi connectivity index (χ0) is 14.6. The summed E-state index contributed by atoms with van der Waals surface area (Å²) in [5, 5.41) is 0. The highest BCUT2D eigenvalue weighted by Crippen LogP contribution is 2.38. The van der Waals surface area contributed by atoms with Crippen molar-refractivity contribution >= 4 is 27.7 Å². The molecule has 1 aromatic rings. The number of carbonyl (C=O) groups is 2. The van der Waals surface area contributed by atoms with Crippen molar-refractivity contribution in [3.63, 3.8) is 0 Å². The van der Waals surface area contributed by atoms with Gasteiger partial charge in [-0.25, -0.2) is 0 Å². The van der Waals surface area contributed by atoms with Crippen molar-refractivity contribution in [2.45, 2.75) is 37.8 Å². The van der Waals surface area contributed by atoms with Crippen LogP contribution in [0.1, 0.15) is 42.2 Å². The van der Waals surface area contributed by atoms with Gasteiger partial charge < -0.3 is 14.4 Å². The summed E-state index contributed by atoms with van der Waals surface area (Å²) >= 11 is 3.48. The van der Waals surface area contributed by atoms with Gasteiger partial charge in [-0.15, -0.1) is 0 Å². The highest BCUT2D eigenvalue weighted by Gasteiger charge is 2.38. The SMILES string of the molecule is O=C(c1cc(Br)cn1C1CC1)N1CCN2C(=O)CCC2C1. The van der Waals surface area contributed by atoms with Crippen molar-refractivity contribution in [2.24, 2.45) is 0 Å². The fraction of sp³-hybridized carbons (Fsp3) is 0.600. The second-order valence-electron chi connectivity index (χ2n) is 6.21. The summed E-state index contributed by atoms with van der Waals surface area (Å²) in [6.45, 7) is 2.01. The first-order valence-corrected chi connectivity index (χ1v) is 8.39. The van der Waals surface area contributed by atoms with Crippen molar-refractivity contribution in [3.05, 3.63) is 22.4 Å². The lowest BCUT2D eigenvalue weighted by atomic mass is 10.1. The Morgan fingerprint density at radius 1 is 1.19 bits per heavy atom. The Morgan fingerprint density at radius 2 is 2.00 bits per heavy atom. The van der Waals surface area contributed by atoms with E-state index in [1.165, 1.54) is 0 Å². The van der Waals surface area contributed by atoms with Crippen LogP contribution in [0.2, 0.25) is 0 Å². The van der Waals surface area contributed by atoms with Gasteiger partial charge in [-0.2, -0.15) is 0 Å². The number of nitrogens with zero attached hydrogens (tertiary/aromatic N) is 3. The summed E-state index contributed by atoms with van der Waals surface area (Å²) in [7, 11) is 0. The number of amides is 2. The average Bonchev–Trinajstić information content (AvgIpc) is 3.17. The summed E-state index contributed by atoms with van der Waals surface area (Å²) in [6.07, 6.45) is 5.85. The molecule has 4 rings (SSSR count). The molecule has 21 heavy (non-hydrogen) atoms. The summed E-state index contributed by atoms with van der Waals surface area (Å²) in [4.78, 5) is 28.4. The minimum atomic E-state index is 0.103. The van der Waals surface area contributed by atoms with Crippen LogP contribution in [0.4, 0.5) is 0 Å². The van der Waals surface area contributed by atoms with Gasteiger partial charge in [0.25, 0.3) is 5.91 Å². The number of aromatic nitrogens is 1. The highest BCUT2D eigenvalue weighted by molar-refractivity contribution is 9.10. The van der Waals surface area contributed by atoms with Crippen molar-refractivity contribution in [1.82, 2.24) is 14.4 Å². The molecule has 3 fully saturated rings. The van der Waals surface area contributed by atoms with Crippen molar-refractivity contribution in [2.75, 3.05) is 19.6 Å². The maximum absolute atomic E-state index is 12.8. The van der Waals surface area contributed by atoms with E-state index in [-0.39, 0.29) is 17.9 Å². The molecule has 0 spiro atoms. The van der Waals surface area contributed by atoms with Gasteiger partial charge in [-0.1, -0.05) is 0 Å². The van der Waals surface area contributed by atoms with Crippen molar-refractivity contribution in [1.29, 1.82) is 0 Å². The topological polar surface area (TPSA) is 45.6 Å². The molecule has 2 saturated heterocycles. The molecule has 1 atom stereocenters. The predicted molar refractivity (Wildman–Crippen MR) is 81.0 cm³/mol. The zero-order valence-corrected chi connectivity index (χ0v) is 13.4. The molecule has 0 N–H and O–H groups in total. The van der Waals surface area contributed by atoms with E-state index < -0.39 is 0 Å². The Bertz CT molecular complexity index is 608. The minimum Gasteiger partial charge on any atom is -0.339 e. The first kappa shape index (κ1) is 13.4. The molecule has 2 aliphatic heterocycles. The Balaban J connectivity index is 1.54. The van der Waals surface area contributed by atoms with Crippen LogP contribution in [0, 0.1) is 0 Å². The molecule has 1 aliphatic carbocycles. The van der Waals surface area contributed by atoms with E-state index in [1.54, 1.807) is 0 Å². The molecule has 0 radical (unpaired) electrons. The summed E-state index contributed by atoms with van der Waals surface area (Å²) in [6, 6.07) is 2.64. The first-order valence-electron chi connectivity index (χ1n) is 7.59. The van der Waals surface area contributed by atoms with Gasteiger partial charge >= 0.3 is 0 Å². The number of hydrogen-bond acceptors (Lipinski definition) is 2. The second-order valence-corrected chi connectivity index (χ2v) is 7.13. The molecule has 5 nitrogen and oxygen atoms in total. The monoisotopic (exact) mass is 351 g/mol. The maximum Gasteiger partial charge on any atom is 0.270 e. The summed E-state index contributed by atoms with van der Waals surface area (Å²) in [5.41, 5.74) is 0.780. The van der Waals surface area contributed by atoms with Gasteiger partial charge in [-0.05, 0) is 41.3 Å². The van der Waals surface area contributed by atoms with Crippen LogP contribution < -0.4 is 0 Å². The third-order valence-electron chi connectivity index (χ3n) is 4.76. The van der Waals surface area contributed by atoms with Crippen LogP contribution in [0.3, 0.4) is 0 Å². The Morgan fingerprint density at radius 3 is 2.76 bits per heavy atom. The maximum atomic E-state index is 12.8. The lowest BCUT2D eigenvalue weighted by Crippen LogP contribution is -2.53. The number of rotatable bonds is 2. The minimum absolute atomic E-state index is 0.103. The van der Waals surface area contributed by atoms with Crippen molar-refractivity contribution in [3.8, 4) is 0 Å². The van der Waals surface area contributed by atoms with E-state index in [0.29, 0.717) is 32.1 Å². The van der Waals surface area contributed by atoms with Crippen LogP contribution in [0.5, 0.6) is 0 Å². The molecule has 1 aromatic heterocycles. The van der Waals surface area contributed by atoms with Gasteiger partial charge in [0.05, 0.1) is 0 Å². The van der Waals surface area contributed by atoms with E-state index >= 15 is 0 Å². The smallest absolute Gasteiger partial charge is 0.270 e. The van der Waals surface area contributed by atoms with Crippen LogP contribution in [-0.4, -0.2) is 51.9 Å². The van der Waals surface area contributed by atoms with E-state index in [9.17, 15) is 9.59 Å². The Kier molecular flexibility index (Phi) is 3.10. The van der Waals surface area contributed by atoms with E-state index in [2.05, 4.69) is 20.5 Å². The van der Waals surface area contributed by atoms with Crippen LogP contribution >= 0.6 is 15.9 Å². The molecule has 112 valence electrons. The third kappa shape index (κ3) is 2.29. The van der Waals surface area contributed by atoms with Gasteiger partial charge in [0.1, 0.15) is 5.69 Å². The van der Waals surface area contributed by atoms with E-state index in [4.69, 9.17) is 0 Å². The fourth-order valence-electron chi connectivity index (χ4n) is 3.48. The summed E-state index contributed by atoms with van der Waals surface area (Å²) < 4.78 is 3.07. The lowest BCUT2D eigenvalue weighted by Gasteiger charge is -2.37. The molecule has 6 heteroatoms. The quantitative estimate of drug-likeness (QED) is 0.818. The Labute approximate surface area is 132 Å². The van der Waals surface area contributed by atoms with E-state index in [0.717, 1.165) is 29.4 Å². The predicted octanol–water partition coefficient (Wildman–Crippen LogP) is 2.03. The standard InChI is InChI=1S/C15H18BrN3O2/c16-10-7-13(19(8-10)11-1-2-11)15(21)17-5-6-18-12(9-17)3-4-14(18)20/h7-8,11-12H,1-6,9H2. The largest absolute Gasteiger partial charge is 0.339 e. The molecular formula is C15H18BrN3O2. The van der Waals surface area contributed by atoms with Gasteiger partial charge in [0.2, 0.25) is 5.91 Å². The fourth-order valence-corrected chi connectivity index (χ4v) is 3.92. The molecule has 1 unspecified atom stereocenters. The zero-order valence-electron chi connectivity index (χ0n) is 11.8. The number of hydrogen-bond donors (Lipinski definition) is 0. The molecular weight excluding hydrogens is 334 g/mol. The number of piperazine rings is 1. The third-order valence-corrected chi connectivity index (χ3v) is 5.19. The molecule has 0 aromatic carbocycles. The summed E-state index contributed by atoms with van der Waals surface area (Å²) in [5.74, 6) is 0.350. The number of carbonyl (C=O) groups excluding carboxylic acids is 2. The van der Waals surface area contributed by atoms with Crippen molar-refractivity contribution < 1.29 is 9.59 Å². The van der Waals surface area contributed by atoms with Crippen LogP contribution in [0.15, 0.2) is 16.7 Å². The number of halogens is 1.